The minimum atomic E-state index is -0.546. The standard InChI is InChI=1S/C65H120O5/c1-4-7-10-13-16-19-22-25-28-31-32-33-34-36-37-40-43-46-49-52-55-58-64(66)69-62-63(61-68-60-57-54-51-48-45-42-39-30-27-24-21-18-15-12-9-6-3)70-65(67)59-56-53-50-47-44-41-38-35-29-26-23-20-17-14-11-8-5-2/h17,20,25-26,28-29,38,41,63H,4-16,18-19,21-24,27,30-37,39-40,42-62H2,1-3H3/b20-17-,28-25-,29-26-,41-38-/t63-/m1/s1. The maximum atomic E-state index is 12.9. The quantitative estimate of drug-likeness (QED) is 0.0345. The van der Waals surface area contributed by atoms with Crippen LogP contribution in [0.15, 0.2) is 48.6 Å². The Labute approximate surface area is 437 Å². The minimum Gasteiger partial charge on any atom is -0.462 e. The van der Waals surface area contributed by atoms with E-state index in [0.29, 0.717) is 19.4 Å². The van der Waals surface area contributed by atoms with Gasteiger partial charge in [0.2, 0.25) is 0 Å². The predicted molar refractivity (Wildman–Crippen MR) is 307 cm³/mol. The first-order valence-corrected chi connectivity index (χ1v) is 31.2. The van der Waals surface area contributed by atoms with Crippen LogP contribution in [-0.4, -0.2) is 37.9 Å². The van der Waals surface area contributed by atoms with Crippen LogP contribution in [0.25, 0.3) is 0 Å². The lowest BCUT2D eigenvalue weighted by atomic mass is 10.0. The molecule has 0 aromatic heterocycles. The van der Waals surface area contributed by atoms with Gasteiger partial charge in [0.1, 0.15) is 6.61 Å². The molecule has 0 bridgehead atoms. The molecule has 0 fully saturated rings. The summed E-state index contributed by atoms with van der Waals surface area (Å²) in [6.45, 7) is 7.84. The summed E-state index contributed by atoms with van der Waals surface area (Å²) < 4.78 is 17.5. The first kappa shape index (κ1) is 67.9. The van der Waals surface area contributed by atoms with E-state index in [1.54, 1.807) is 0 Å². The molecule has 0 saturated heterocycles. The Bertz CT molecular complexity index is 1150. The molecular weight excluding hydrogens is 861 g/mol. The van der Waals surface area contributed by atoms with E-state index in [1.807, 2.05) is 0 Å². The second-order valence-electron chi connectivity index (χ2n) is 21.0. The fourth-order valence-corrected chi connectivity index (χ4v) is 9.16. The molecule has 410 valence electrons. The van der Waals surface area contributed by atoms with Crippen molar-refractivity contribution >= 4 is 11.9 Å². The molecule has 0 rings (SSSR count). The highest BCUT2D eigenvalue weighted by Crippen LogP contribution is 2.17. The lowest BCUT2D eigenvalue weighted by molar-refractivity contribution is -0.163. The van der Waals surface area contributed by atoms with Crippen molar-refractivity contribution in [2.24, 2.45) is 0 Å². The third-order valence-electron chi connectivity index (χ3n) is 13.8. The Morgan fingerprint density at radius 3 is 1.00 bits per heavy atom. The van der Waals surface area contributed by atoms with Crippen LogP contribution in [0.3, 0.4) is 0 Å². The lowest BCUT2D eigenvalue weighted by Gasteiger charge is -2.18. The average Bonchev–Trinajstić information content (AvgIpc) is 3.36. The van der Waals surface area contributed by atoms with Crippen LogP contribution in [0.5, 0.6) is 0 Å². The Morgan fingerprint density at radius 2 is 0.600 bits per heavy atom. The van der Waals surface area contributed by atoms with Gasteiger partial charge in [0.05, 0.1) is 6.61 Å². The fraction of sp³-hybridized carbons (Fsp3) is 0.846. The van der Waals surface area contributed by atoms with Crippen molar-refractivity contribution < 1.29 is 23.8 Å². The van der Waals surface area contributed by atoms with Gasteiger partial charge in [0.25, 0.3) is 0 Å². The number of allylic oxidation sites excluding steroid dienone is 8. The molecular formula is C65H120O5. The van der Waals surface area contributed by atoms with E-state index in [9.17, 15) is 9.59 Å². The zero-order valence-electron chi connectivity index (χ0n) is 47.3. The van der Waals surface area contributed by atoms with Gasteiger partial charge in [-0.2, -0.15) is 0 Å². The summed E-state index contributed by atoms with van der Waals surface area (Å²) in [6.07, 6.45) is 77.1. The van der Waals surface area contributed by atoms with Gasteiger partial charge in [0, 0.05) is 19.4 Å². The second-order valence-corrected chi connectivity index (χ2v) is 21.0. The number of unbranched alkanes of at least 4 members (excludes halogenated alkanes) is 39. The molecule has 0 aliphatic rings. The van der Waals surface area contributed by atoms with Gasteiger partial charge in [-0.05, 0) is 83.5 Å². The minimum absolute atomic E-state index is 0.0801. The van der Waals surface area contributed by atoms with Crippen LogP contribution in [0.4, 0.5) is 0 Å². The third kappa shape index (κ3) is 58.4. The third-order valence-corrected chi connectivity index (χ3v) is 13.8. The zero-order chi connectivity index (χ0) is 50.6. The summed E-state index contributed by atoms with van der Waals surface area (Å²) >= 11 is 0. The molecule has 0 aliphatic heterocycles. The summed E-state index contributed by atoms with van der Waals surface area (Å²) in [6, 6.07) is 0. The maximum absolute atomic E-state index is 12.9. The highest BCUT2D eigenvalue weighted by Gasteiger charge is 2.17. The van der Waals surface area contributed by atoms with E-state index in [4.69, 9.17) is 14.2 Å². The number of hydrogen-bond donors (Lipinski definition) is 0. The van der Waals surface area contributed by atoms with Gasteiger partial charge in [-0.15, -0.1) is 0 Å². The van der Waals surface area contributed by atoms with Crippen LogP contribution < -0.4 is 0 Å². The summed E-state index contributed by atoms with van der Waals surface area (Å²) in [5, 5.41) is 0. The molecule has 0 spiro atoms. The molecule has 0 aromatic rings. The van der Waals surface area contributed by atoms with E-state index in [-0.39, 0.29) is 25.2 Å². The first-order chi connectivity index (χ1) is 34.6. The molecule has 0 aromatic carbocycles. The molecule has 5 nitrogen and oxygen atoms in total. The molecule has 0 N–H and O–H groups in total. The molecule has 1 atom stereocenters. The van der Waals surface area contributed by atoms with Crippen LogP contribution in [0.1, 0.15) is 329 Å². The highest BCUT2D eigenvalue weighted by atomic mass is 16.6. The van der Waals surface area contributed by atoms with Gasteiger partial charge in [0.15, 0.2) is 6.10 Å². The van der Waals surface area contributed by atoms with Gasteiger partial charge in [-0.1, -0.05) is 281 Å². The van der Waals surface area contributed by atoms with E-state index >= 15 is 0 Å². The van der Waals surface area contributed by atoms with Gasteiger partial charge in [-0.25, -0.2) is 0 Å². The molecule has 0 heterocycles. The molecule has 0 radical (unpaired) electrons. The number of ether oxygens (including phenoxy) is 3. The van der Waals surface area contributed by atoms with Crippen LogP contribution in [0.2, 0.25) is 0 Å². The van der Waals surface area contributed by atoms with Crippen molar-refractivity contribution in [1.29, 1.82) is 0 Å². The van der Waals surface area contributed by atoms with Crippen LogP contribution >= 0.6 is 0 Å². The van der Waals surface area contributed by atoms with Crippen LogP contribution in [0, 0.1) is 0 Å². The number of esters is 2. The van der Waals surface area contributed by atoms with E-state index in [0.717, 1.165) is 64.2 Å². The second kappa shape index (κ2) is 61.2. The largest absolute Gasteiger partial charge is 0.462 e. The lowest BCUT2D eigenvalue weighted by Crippen LogP contribution is -2.30. The van der Waals surface area contributed by atoms with Crippen molar-refractivity contribution in [1.82, 2.24) is 0 Å². The Hall–Kier alpha value is -2.14. The van der Waals surface area contributed by atoms with E-state index in [1.165, 1.54) is 231 Å². The SMILES string of the molecule is CCCCC/C=C\C/C=C\C/C=C\CCCCCCC(=O)O[C@H](COCCCCCCCCCCCCCCCCCC)COC(=O)CCCCCCCCCCCCC/C=C\CCCCCCCC. The summed E-state index contributed by atoms with van der Waals surface area (Å²) in [5.74, 6) is -0.404. The predicted octanol–water partition coefficient (Wildman–Crippen LogP) is 21.5. The van der Waals surface area contributed by atoms with Gasteiger partial charge >= 0.3 is 11.9 Å². The molecule has 70 heavy (non-hydrogen) atoms. The molecule has 0 amide bonds. The van der Waals surface area contributed by atoms with Crippen molar-refractivity contribution in [3.8, 4) is 0 Å². The number of rotatable bonds is 58. The van der Waals surface area contributed by atoms with E-state index < -0.39 is 6.10 Å². The Morgan fingerprint density at radius 1 is 0.314 bits per heavy atom. The maximum Gasteiger partial charge on any atom is 0.306 e. The van der Waals surface area contributed by atoms with Crippen LogP contribution in [-0.2, 0) is 23.8 Å². The topological polar surface area (TPSA) is 61.8 Å². The summed E-state index contributed by atoms with van der Waals surface area (Å²) in [5.41, 5.74) is 0. The number of carbonyl (C=O) groups excluding carboxylic acids is 2. The van der Waals surface area contributed by atoms with Crippen molar-refractivity contribution in [3.63, 3.8) is 0 Å². The average molecular weight is 982 g/mol. The highest BCUT2D eigenvalue weighted by molar-refractivity contribution is 5.70. The summed E-state index contributed by atoms with van der Waals surface area (Å²) in [4.78, 5) is 25.6. The molecule has 0 saturated carbocycles. The van der Waals surface area contributed by atoms with Crippen molar-refractivity contribution in [3.05, 3.63) is 48.6 Å². The van der Waals surface area contributed by atoms with E-state index in [2.05, 4.69) is 69.4 Å². The molecule has 0 unspecified atom stereocenters. The zero-order valence-corrected chi connectivity index (χ0v) is 47.3. The Kier molecular flexibility index (Phi) is 59.3. The summed E-state index contributed by atoms with van der Waals surface area (Å²) in [7, 11) is 0. The first-order valence-electron chi connectivity index (χ1n) is 31.2. The van der Waals surface area contributed by atoms with Gasteiger partial charge < -0.3 is 14.2 Å². The van der Waals surface area contributed by atoms with Crippen molar-refractivity contribution in [2.45, 2.75) is 335 Å². The van der Waals surface area contributed by atoms with Gasteiger partial charge in [-0.3, -0.25) is 9.59 Å². The number of hydrogen-bond acceptors (Lipinski definition) is 5. The smallest absolute Gasteiger partial charge is 0.306 e. The molecule has 0 aliphatic carbocycles. The normalized spacial score (nSPS) is 12.4. The fourth-order valence-electron chi connectivity index (χ4n) is 9.16. The Balaban J connectivity index is 4.25. The monoisotopic (exact) mass is 981 g/mol. The molecule has 5 heteroatoms. The van der Waals surface area contributed by atoms with Crippen molar-refractivity contribution in [2.75, 3.05) is 19.8 Å². The number of carbonyl (C=O) groups is 2.